The van der Waals surface area contributed by atoms with Gasteiger partial charge in [0.2, 0.25) is 0 Å². The van der Waals surface area contributed by atoms with Crippen molar-refractivity contribution < 1.29 is 4.79 Å². The maximum Gasteiger partial charge on any atom is 0.254 e. The Hall–Kier alpha value is -1.81. The minimum Gasteiger partial charge on any atom is -0.390 e. The molecule has 0 aliphatic rings. The van der Waals surface area contributed by atoms with E-state index in [1.54, 1.807) is 0 Å². The van der Waals surface area contributed by atoms with Gasteiger partial charge in [0.25, 0.3) is 5.91 Å². The lowest BCUT2D eigenvalue weighted by atomic mass is 10.0. The highest BCUT2D eigenvalue weighted by Gasteiger charge is 2.17. The fraction of sp³-hybridized carbons (Fsp3) is 0.267. The van der Waals surface area contributed by atoms with E-state index < -0.39 is 0 Å². The average Bonchev–Trinajstić information content (AvgIpc) is 2.79. The molecule has 0 radical (unpaired) electrons. The van der Waals surface area contributed by atoms with Gasteiger partial charge < -0.3 is 11.1 Å². The van der Waals surface area contributed by atoms with E-state index in [-0.39, 0.29) is 5.91 Å². The minimum absolute atomic E-state index is 0.0869. The number of thiophene rings is 1. The van der Waals surface area contributed by atoms with Crippen molar-refractivity contribution in [1.29, 1.82) is 0 Å². The first-order valence-electron chi connectivity index (χ1n) is 6.35. The molecule has 1 amide bonds. The molecular formula is C15H18N2OS. The first-order chi connectivity index (χ1) is 9.13. The maximum atomic E-state index is 12.2. The summed E-state index contributed by atoms with van der Waals surface area (Å²) in [7, 11) is 0. The smallest absolute Gasteiger partial charge is 0.254 e. The van der Waals surface area contributed by atoms with Gasteiger partial charge in [0.1, 0.15) is 0 Å². The number of nitrogens with two attached hydrogens (primary N) is 1. The highest BCUT2D eigenvalue weighted by Crippen LogP contribution is 2.33. The number of nitrogen functional groups attached to an aromatic ring is 1. The second-order valence-electron chi connectivity index (χ2n) is 4.51. The highest BCUT2D eigenvalue weighted by atomic mass is 32.1. The Morgan fingerprint density at radius 1 is 1.32 bits per heavy atom. The van der Waals surface area contributed by atoms with Crippen molar-refractivity contribution in [3.8, 4) is 11.1 Å². The second-order valence-corrected chi connectivity index (χ2v) is 5.42. The topological polar surface area (TPSA) is 55.1 Å². The highest BCUT2D eigenvalue weighted by molar-refractivity contribution is 7.15. The number of rotatable bonds is 4. The summed E-state index contributed by atoms with van der Waals surface area (Å²) in [6.07, 6.45) is 0.912. The van der Waals surface area contributed by atoms with E-state index in [4.69, 9.17) is 5.73 Å². The van der Waals surface area contributed by atoms with E-state index in [1.165, 1.54) is 16.9 Å². The fourth-order valence-electron chi connectivity index (χ4n) is 1.88. The lowest BCUT2D eigenvalue weighted by Gasteiger charge is -2.07. The summed E-state index contributed by atoms with van der Waals surface area (Å²) in [5.74, 6) is -0.0869. The molecule has 0 saturated heterocycles. The third-order valence-electron chi connectivity index (χ3n) is 2.94. The van der Waals surface area contributed by atoms with Crippen molar-refractivity contribution in [3.63, 3.8) is 0 Å². The first-order valence-corrected chi connectivity index (χ1v) is 7.23. The van der Waals surface area contributed by atoms with Crippen LogP contribution in [-0.4, -0.2) is 12.5 Å². The Balaban J connectivity index is 2.37. The molecule has 0 bridgehead atoms. The molecule has 0 spiro atoms. The van der Waals surface area contributed by atoms with Crippen molar-refractivity contribution in [2.24, 2.45) is 0 Å². The van der Waals surface area contributed by atoms with Gasteiger partial charge in [0.05, 0.1) is 10.6 Å². The van der Waals surface area contributed by atoms with Crippen LogP contribution in [0.2, 0.25) is 0 Å². The molecule has 0 unspecified atom stereocenters. The van der Waals surface area contributed by atoms with E-state index in [2.05, 4.69) is 5.32 Å². The lowest BCUT2D eigenvalue weighted by Crippen LogP contribution is -2.24. The number of carbonyl (C=O) groups excluding carboxylic acids is 1. The summed E-state index contributed by atoms with van der Waals surface area (Å²) in [5, 5.41) is 5.40. The van der Waals surface area contributed by atoms with Crippen LogP contribution in [0.3, 0.4) is 0 Å². The van der Waals surface area contributed by atoms with Gasteiger partial charge >= 0.3 is 0 Å². The molecule has 1 heterocycles. The van der Waals surface area contributed by atoms with E-state index in [0.29, 0.717) is 17.1 Å². The van der Waals surface area contributed by atoms with Gasteiger partial charge in [0, 0.05) is 17.5 Å². The molecule has 3 N–H and O–H groups in total. The number of hydrogen-bond donors (Lipinski definition) is 2. The Bertz CT molecular complexity index is 572. The van der Waals surface area contributed by atoms with Crippen LogP contribution < -0.4 is 11.1 Å². The van der Waals surface area contributed by atoms with Crippen LogP contribution in [0.15, 0.2) is 29.6 Å². The molecule has 2 aromatic rings. The molecule has 0 fully saturated rings. The van der Waals surface area contributed by atoms with Crippen LogP contribution in [-0.2, 0) is 0 Å². The van der Waals surface area contributed by atoms with E-state index in [1.807, 2.05) is 43.5 Å². The monoisotopic (exact) mass is 274 g/mol. The largest absolute Gasteiger partial charge is 0.390 e. The van der Waals surface area contributed by atoms with Gasteiger partial charge in [-0.1, -0.05) is 36.8 Å². The second kappa shape index (κ2) is 5.89. The van der Waals surface area contributed by atoms with Crippen molar-refractivity contribution >= 4 is 22.2 Å². The number of aryl methyl sites for hydroxylation is 1. The summed E-state index contributed by atoms with van der Waals surface area (Å²) in [4.78, 5) is 12.2. The molecule has 0 atom stereocenters. The van der Waals surface area contributed by atoms with Crippen LogP contribution in [0.5, 0.6) is 0 Å². The Labute approximate surface area is 117 Å². The van der Waals surface area contributed by atoms with Crippen molar-refractivity contribution in [3.05, 3.63) is 40.8 Å². The molecule has 0 aliphatic carbocycles. The SMILES string of the molecule is CCCNC(=O)c1c(-c2ccc(C)cc2)csc1N. The zero-order chi connectivity index (χ0) is 13.8. The number of amides is 1. The normalized spacial score (nSPS) is 10.4. The van der Waals surface area contributed by atoms with E-state index >= 15 is 0 Å². The number of benzene rings is 1. The molecule has 1 aromatic heterocycles. The van der Waals surface area contributed by atoms with Crippen molar-refractivity contribution in [1.82, 2.24) is 5.32 Å². The third-order valence-corrected chi connectivity index (χ3v) is 3.76. The molecule has 3 nitrogen and oxygen atoms in total. The molecule has 100 valence electrons. The zero-order valence-electron chi connectivity index (χ0n) is 11.2. The molecular weight excluding hydrogens is 256 g/mol. The van der Waals surface area contributed by atoms with Crippen molar-refractivity contribution in [2.75, 3.05) is 12.3 Å². The number of carbonyl (C=O) groups is 1. The molecule has 4 heteroatoms. The van der Waals surface area contributed by atoms with Crippen LogP contribution in [0, 0.1) is 6.92 Å². The number of nitrogens with one attached hydrogen (secondary N) is 1. The van der Waals surface area contributed by atoms with Gasteiger partial charge in [-0.3, -0.25) is 4.79 Å². The van der Waals surface area contributed by atoms with Crippen LogP contribution in [0.1, 0.15) is 29.3 Å². The fourth-order valence-corrected chi connectivity index (χ4v) is 2.70. The third kappa shape index (κ3) is 2.96. The summed E-state index contributed by atoms with van der Waals surface area (Å²) < 4.78 is 0. The summed E-state index contributed by atoms with van der Waals surface area (Å²) in [6, 6.07) is 8.12. The molecule has 1 aromatic carbocycles. The predicted molar refractivity (Wildman–Crippen MR) is 81.5 cm³/mol. The van der Waals surface area contributed by atoms with Crippen molar-refractivity contribution in [2.45, 2.75) is 20.3 Å². The molecule has 0 aliphatic heterocycles. The van der Waals surface area contributed by atoms with Gasteiger partial charge in [-0.25, -0.2) is 0 Å². The van der Waals surface area contributed by atoms with E-state index in [9.17, 15) is 4.79 Å². The Morgan fingerprint density at radius 3 is 2.63 bits per heavy atom. The van der Waals surface area contributed by atoms with Gasteiger partial charge in [0.15, 0.2) is 0 Å². The zero-order valence-corrected chi connectivity index (χ0v) is 12.0. The van der Waals surface area contributed by atoms with Gasteiger partial charge in [-0.05, 0) is 18.9 Å². The minimum atomic E-state index is -0.0869. The summed E-state index contributed by atoms with van der Waals surface area (Å²) in [5.41, 5.74) is 9.68. The van der Waals surface area contributed by atoms with Crippen LogP contribution in [0.4, 0.5) is 5.00 Å². The molecule has 2 rings (SSSR count). The first kappa shape index (κ1) is 13.6. The quantitative estimate of drug-likeness (QED) is 0.897. The van der Waals surface area contributed by atoms with E-state index in [0.717, 1.165) is 17.5 Å². The Kier molecular flexibility index (Phi) is 4.22. The average molecular weight is 274 g/mol. The number of anilines is 1. The maximum absolute atomic E-state index is 12.2. The van der Waals surface area contributed by atoms with Crippen LogP contribution >= 0.6 is 11.3 Å². The predicted octanol–water partition coefficient (Wildman–Crippen LogP) is 3.45. The summed E-state index contributed by atoms with van der Waals surface area (Å²) in [6.45, 7) is 4.74. The van der Waals surface area contributed by atoms with Gasteiger partial charge in [-0.15, -0.1) is 11.3 Å². The lowest BCUT2D eigenvalue weighted by molar-refractivity contribution is 0.0955. The number of hydrogen-bond acceptors (Lipinski definition) is 3. The Morgan fingerprint density at radius 2 is 2.00 bits per heavy atom. The standard InChI is InChI=1S/C15H18N2OS/c1-3-8-17-15(18)13-12(9-19-14(13)16)11-6-4-10(2)5-7-11/h4-7,9H,3,8,16H2,1-2H3,(H,17,18). The summed E-state index contributed by atoms with van der Waals surface area (Å²) >= 11 is 1.41. The molecule has 19 heavy (non-hydrogen) atoms. The van der Waals surface area contributed by atoms with Gasteiger partial charge in [-0.2, -0.15) is 0 Å². The molecule has 0 saturated carbocycles. The van der Waals surface area contributed by atoms with Crippen LogP contribution in [0.25, 0.3) is 11.1 Å².